The fraction of sp³-hybridized carbons (Fsp3) is 0.250. The number of pyridine rings is 1. The Labute approximate surface area is 194 Å². The van der Waals surface area contributed by atoms with Crippen molar-refractivity contribution in [3.05, 3.63) is 89.9 Å². The predicted octanol–water partition coefficient (Wildman–Crippen LogP) is 5.34. The zero-order valence-corrected chi connectivity index (χ0v) is 19.0. The van der Waals surface area contributed by atoms with Crippen LogP contribution in [-0.4, -0.2) is 32.8 Å². The van der Waals surface area contributed by atoms with Gasteiger partial charge in [-0.3, -0.25) is 0 Å². The van der Waals surface area contributed by atoms with Gasteiger partial charge in [-0.05, 0) is 58.9 Å². The lowest BCUT2D eigenvalue weighted by atomic mass is 9.85. The van der Waals surface area contributed by atoms with Crippen LogP contribution in [0.5, 0.6) is 0 Å². The van der Waals surface area contributed by atoms with E-state index in [1.165, 1.54) is 16.7 Å². The van der Waals surface area contributed by atoms with Crippen LogP contribution in [0.2, 0.25) is 0 Å². The fourth-order valence-corrected chi connectivity index (χ4v) is 4.49. The highest BCUT2D eigenvalue weighted by molar-refractivity contribution is 5.82. The maximum Gasteiger partial charge on any atom is 0.160 e. The fourth-order valence-electron chi connectivity index (χ4n) is 4.49. The molecule has 2 aromatic carbocycles. The molecule has 1 aliphatic rings. The molecule has 2 heterocycles. The van der Waals surface area contributed by atoms with E-state index in [1.54, 1.807) is 0 Å². The number of hydrogen-bond donors (Lipinski definition) is 3. The predicted molar refractivity (Wildman–Crippen MR) is 134 cm³/mol. The van der Waals surface area contributed by atoms with Crippen molar-refractivity contribution in [1.82, 2.24) is 9.38 Å². The molecule has 2 aromatic heterocycles. The van der Waals surface area contributed by atoms with Gasteiger partial charge in [0.1, 0.15) is 0 Å². The maximum absolute atomic E-state index is 9.64. The van der Waals surface area contributed by atoms with Gasteiger partial charge in [0.25, 0.3) is 0 Å². The van der Waals surface area contributed by atoms with E-state index in [-0.39, 0.29) is 18.6 Å². The summed E-state index contributed by atoms with van der Waals surface area (Å²) in [6.45, 7) is 4.35. The minimum Gasteiger partial charge on any atom is -0.396 e. The van der Waals surface area contributed by atoms with Crippen LogP contribution < -0.4 is 5.32 Å². The van der Waals surface area contributed by atoms with E-state index in [2.05, 4.69) is 59.0 Å². The van der Waals surface area contributed by atoms with Crippen molar-refractivity contribution >= 4 is 22.6 Å². The summed E-state index contributed by atoms with van der Waals surface area (Å²) >= 11 is 0. The lowest BCUT2D eigenvalue weighted by molar-refractivity contribution is 0.218. The number of aliphatic hydroxyl groups excluding tert-OH is 2. The van der Waals surface area contributed by atoms with E-state index < -0.39 is 0 Å². The number of fused-ring (bicyclic) bond motifs is 2. The molecule has 3 N–H and O–H groups in total. The molecule has 1 aliphatic carbocycles. The Hall–Kier alpha value is -3.41. The molecule has 33 heavy (non-hydrogen) atoms. The standard InChI is InChI=1S/C28H29N3O2/c1-28(2,18-33)23-6-8-24(9-7-23)30-26-16-22(17-31-13-12-29-27(26)31)20-5-10-25-19(11-14-32)3-4-21(25)15-20/h3,5-10,12-13,15-17,30,32-33H,4,11,14,18H2,1-2H3. The minimum absolute atomic E-state index is 0.105. The summed E-state index contributed by atoms with van der Waals surface area (Å²) in [6.07, 6.45) is 9.72. The van der Waals surface area contributed by atoms with E-state index in [0.29, 0.717) is 6.42 Å². The first-order valence-electron chi connectivity index (χ1n) is 11.4. The van der Waals surface area contributed by atoms with E-state index in [0.717, 1.165) is 40.1 Å². The third kappa shape index (κ3) is 4.06. The average molecular weight is 440 g/mol. The highest BCUT2D eigenvalue weighted by Crippen LogP contribution is 2.35. The third-order valence-electron chi connectivity index (χ3n) is 6.56. The molecule has 0 aliphatic heterocycles. The molecule has 0 bridgehead atoms. The number of benzene rings is 2. The number of allylic oxidation sites excluding steroid dienone is 1. The molecule has 168 valence electrons. The third-order valence-corrected chi connectivity index (χ3v) is 6.56. The maximum atomic E-state index is 9.64. The monoisotopic (exact) mass is 439 g/mol. The second kappa shape index (κ2) is 8.50. The molecule has 0 amide bonds. The van der Waals surface area contributed by atoms with Crippen molar-refractivity contribution in [3.63, 3.8) is 0 Å². The van der Waals surface area contributed by atoms with Gasteiger partial charge in [0.15, 0.2) is 5.65 Å². The quantitative estimate of drug-likeness (QED) is 0.364. The van der Waals surface area contributed by atoms with Crippen molar-refractivity contribution in [2.45, 2.75) is 32.1 Å². The molecular formula is C28H29N3O2. The van der Waals surface area contributed by atoms with Gasteiger partial charge in [0.2, 0.25) is 0 Å². The van der Waals surface area contributed by atoms with Crippen molar-refractivity contribution in [1.29, 1.82) is 0 Å². The van der Waals surface area contributed by atoms with Crippen LogP contribution in [0.15, 0.2) is 73.2 Å². The van der Waals surface area contributed by atoms with Gasteiger partial charge in [-0.2, -0.15) is 0 Å². The Morgan fingerprint density at radius 1 is 1.03 bits per heavy atom. The topological polar surface area (TPSA) is 69.8 Å². The normalized spacial score (nSPS) is 13.3. The lowest BCUT2D eigenvalue weighted by Crippen LogP contribution is -2.21. The SMILES string of the molecule is CC(C)(CO)c1ccc(Nc2cc(-c3ccc4c(c3)CC=C4CCO)cn3ccnc23)cc1. The largest absolute Gasteiger partial charge is 0.396 e. The summed E-state index contributed by atoms with van der Waals surface area (Å²) in [4.78, 5) is 4.54. The summed E-state index contributed by atoms with van der Waals surface area (Å²) in [5.41, 5.74) is 9.67. The Morgan fingerprint density at radius 3 is 2.61 bits per heavy atom. The van der Waals surface area contributed by atoms with Crippen LogP contribution in [0.3, 0.4) is 0 Å². The summed E-state index contributed by atoms with van der Waals surface area (Å²) < 4.78 is 2.05. The minimum atomic E-state index is -0.270. The van der Waals surface area contributed by atoms with Gasteiger partial charge >= 0.3 is 0 Å². The van der Waals surface area contributed by atoms with Crippen LogP contribution >= 0.6 is 0 Å². The molecule has 0 radical (unpaired) electrons. The van der Waals surface area contributed by atoms with Crippen molar-refractivity contribution in [2.24, 2.45) is 0 Å². The van der Waals surface area contributed by atoms with E-state index in [1.807, 2.05) is 42.8 Å². The van der Waals surface area contributed by atoms with Crippen LogP contribution in [-0.2, 0) is 11.8 Å². The number of imidazole rings is 1. The molecule has 5 heteroatoms. The lowest BCUT2D eigenvalue weighted by Gasteiger charge is -2.22. The molecule has 4 aromatic rings. The van der Waals surface area contributed by atoms with Gasteiger partial charge in [-0.25, -0.2) is 4.98 Å². The van der Waals surface area contributed by atoms with Gasteiger partial charge in [0, 0.05) is 41.9 Å². The second-order valence-electron chi connectivity index (χ2n) is 9.32. The summed E-state index contributed by atoms with van der Waals surface area (Å²) in [5.74, 6) is 0. The number of rotatable bonds is 7. The Bertz CT molecular complexity index is 1330. The summed E-state index contributed by atoms with van der Waals surface area (Å²) in [7, 11) is 0. The molecule has 0 saturated heterocycles. The number of nitrogens with one attached hydrogen (secondary N) is 1. The molecule has 0 spiro atoms. The molecule has 5 nitrogen and oxygen atoms in total. The van der Waals surface area contributed by atoms with Crippen molar-refractivity contribution in [3.8, 4) is 11.1 Å². The molecule has 0 saturated carbocycles. The van der Waals surface area contributed by atoms with Crippen LogP contribution in [0.25, 0.3) is 22.3 Å². The van der Waals surface area contributed by atoms with E-state index in [9.17, 15) is 10.2 Å². The first-order valence-corrected chi connectivity index (χ1v) is 11.4. The highest BCUT2D eigenvalue weighted by atomic mass is 16.3. The van der Waals surface area contributed by atoms with Gasteiger partial charge in [0.05, 0.1) is 12.3 Å². The van der Waals surface area contributed by atoms with Crippen molar-refractivity contribution in [2.75, 3.05) is 18.5 Å². The Kier molecular flexibility index (Phi) is 5.52. The average Bonchev–Trinajstić information content (AvgIpc) is 3.46. The highest BCUT2D eigenvalue weighted by Gasteiger charge is 2.19. The molecule has 0 atom stereocenters. The van der Waals surface area contributed by atoms with Crippen LogP contribution in [0.4, 0.5) is 11.4 Å². The summed E-state index contributed by atoms with van der Waals surface area (Å²) in [6, 6.07) is 16.9. The number of nitrogens with zero attached hydrogens (tertiary/aromatic N) is 2. The van der Waals surface area contributed by atoms with Gasteiger partial charge < -0.3 is 19.9 Å². The van der Waals surface area contributed by atoms with Crippen molar-refractivity contribution < 1.29 is 10.2 Å². The van der Waals surface area contributed by atoms with Gasteiger partial charge in [-0.1, -0.05) is 50.3 Å². The number of aromatic nitrogens is 2. The first kappa shape index (κ1) is 21.4. The van der Waals surface area contributed by atoms with E-state index in [4.69, 9.17) is 0 Å². The number of anilines is 2. The Morgan fingerprint density at radius 2 is 1.85 bits per heavy atom. The summed E-state index contributed by atoms with van der Waals surface area (Å²) in [5, 5.41) is 22.5. The molecule has 5 rings (SSSR count). The number of aliphatic hydroxyl groups is 2. The molecule has 0 fully saturated rings. The Balaban J connectivity index is 1.48. The molecule has 0 unspecified atom stereocenters. The smallest absolute Gasteiger partial charge is 0.160 e. The molecular weight excluding hydrogens is 410 g/mol. The zero-order valence-electron chi connectivity index (χ0n) is 19.0. The number of hydrogen-bond acceptors (Lipinski definition) is 4. The first-order chi connectivity index (χ1) is 16.0. The van der Waals surface area contributed by atoms with Crippen LogP contribution in [0, 0.1) is 0 Å². The van der Waals surface area contributed by atoms with E-state index >= 15 is 0 Å². The van der Waals surface area contributed by atoms with Gasteiger partial charge in [-0.15, -0.1) is 0 Å². The zero-order chi connectivity index (χ0) is 23.0. The van der Waals surface area contributed by atoms with Crippen LogP contribution in [0.1, 0.15) is 37.0 Å². The second-order valence-corrected chi connectivity index (χ2v) is 9.32.